The number of imidazole rings is 1. The summed E-state index contributed by atoms with van der Waals surface area (Å²) < 4.78 is 0. The van der Waals surface area contributed by atoms with E-state index in [0.717, 1.165) is 0 Å². The Kier molecular flexibility index (Phi) is 4.13. The summed E-state index contributed by atoms with van der Waals surface area (Å²) in [4.78, 5) is 20.2. The zero-order valence-electron chi connectivity index (χ0n) is 13.0. The Morgan fingerprint density at radius 1 is 1.08 bits per heavy atom. The molecule has 3 aromatic heterocycles. The Labute approximate surface area is 157 Å². The van der Waals surface area contributed by atoms with E-state index in [4.69, 9.17) is 28.5 Å². The summed E-state index contributed by atoms with van der Waals surface area (Å²) in [6.07, 6.45) is 3.08. The largest absolute Gasteiger partial charge is 0.333 e. The van der Waals surface area contributed by atoms with Crippen LogP contribution in [0.3, 0.4) is 0 Å². The summed E-state index contributed by atoms with van der Waals surface area (Å²) in [6, 6.07) is 10.6. The molecule has 0 radical (unpaired) electrons. The van der Waals surface area contributed by atoms with Crippen molar-refractivity contribution in [2.75, 3.05) is 5.32 Å². The van der Waals surface area contributed by atoms with Crippen molar-refractivity contribution in [3.63, 3.8) is 0 Å². The standard InChI is InChI=1S/C17H9Cl2N7/c18-10-5-9(7-20)6-11(19)13(10)15-25-14-16(22-8-23-17(14)26-15)24-12-3-1-2-4-21-12/h1-6,8H,(H2,21,22,23,24,25,26). The van der Waals surface area contributed by atoms with E-state index < -0.39 is 0 Å². The minimum Gasteiger partial charge on any atom is -0.333 e. The molecule has 0 aliphatic heterocycles. The summed E-state index contributed by atoms with van der Waals surface area (Å²) >= 11 is 12.6. The molecule has 7 nitrogen and oxygen atoms in total. The SMILES string of the molecule is N#Cc1cc(Cl)c(-c2nc3ncnc(Nc4ccccn4)c3[nH]2)c(Cl)c1. The Balaban J connectivity index is 1.82. The summed E-state index contributed by atoms with van der Waals surface area (Å²) in [6.45, 7) is 0. The Bertz CT molecular complexity index is 1130. The normalized spacial score (nSPS) is 10.7. The third-order valence-electron chi connectivity index (χ3n) is 3.61. The first-order chi connectivity index (χ1) is 12.7. The van der Waals surface area contributed by atoms with Crippen molar-refractivity contribution in [2.24, 2.45) is 0 Å². The molecule has 4 rings (SSSR count). The van der Waals surface area contributed by atoms with Crippen molar-refractivity contribution in [3.8, 4) is 17.5 Å². The molecule has 26 heavy (non-hydrogen) atoms. The van der Waals surface area contributed by atoms with Crippen molar-refractivity contribution < 1.29 is 0 Å². The number of hydrogen-bond acceptors (Lipinski definition) is 6. The number of halogens is 2. The average molecular weight is 382 g/mol. The number of anilines is 2. The number of H-pyrrole nitrogens is 1. The second-order valence-corrected chi connectivity index (χ2v) is 6.09. The van der Waals surface area contributed by atoms with Crippen LogP contribution in [0.4, 0.5) is 11.6 Å². The molecule has 0 saturated heterocycles. The van der Waals surface area contributed by atoms with Gasteiger partial charge in [-0.1, -0.05) is 29.3 Å². The predicted octanol–water partition coefficient (Wildman–Crippen LogP) is 4.34. The number of benzene rings is 1. The highest BCUT2D eigenvalue weighted by atomic mass is 35.5. The van der Waals surface area contributed by atoms with Gasteiger partial charge in [0.15, 0.2) is 11.5 Å². The number of nitriles is 1. The van der Waals surface area contributed by atoms with Gasteiger partial charge in [-0.25, -0.2) is 19.9 Å². The first kappa shape index (κ1) is 16.3. The number of pyridine rings is 1. The van der Waals surface area contributed by atoms with E-state index >= 15 is 0 Å². The van der Waals surface area contributed by atoms with Gasteiger partial charge in [-0.2, -0.15) is 5.26 Å². The maximum absolute atomic E-state index is 9.02. The molecule has 0 aliphatic rings. The molecule has 3 heterocycles. The second kappa shape index (κ2) is 6.59. The molecule has 9 heteroatoms. The van der Waals surface area contributed by atoms with Crippen LogP contribution in [-0.4, -0.2) is 24.9 Å². The molecular weight excluding hydrogens is 373 g/mol. The number of fused-ring (bicyclic) bond motifs is 1. The maximum Gasteiger partial charge on any atom is 0.183 e. The van der Waals surface area contributed by atoms with Crippen LogP contribution in [-0.2, 0) is 0 Å². The lowest BCUT2D eigenvalue weighted by atomic mass is 10.1. The fraction of sp³-hybridized carbons (Fsp3) is 0. The zero-order valence-corrected chi connectivity index (χ0v) is 14.5. The molecule has 0 spiro atoms. The first-order valence-electron chi connectivity index (χ1n) is 7.44. The third-order valence-corrected chi connectivity index (χ3v) is 4.20. The van der Waals surface area contributed by atoms with Crippen LogP contribution in [0.1, 0.15) is 5.56 Å². The smallest absolute Gasteiger partial charge is 0.183 e. The molecule has 0 fully saturated rings. The van der Waals surface area contributed by atoms with E-state index in [9.17, 15) is 0 Å². The monoisotopic (exact) mass is 381 g/mol. The topological polar surface area (TPSA) is 103 Å². The lowest BCUT2D eigenvalue weighted by molar-refractivity contribution is 1.19. The lowest BCUT2D eigenvalue weighted by Crippen LogP contribution is -1.97. The van der Waals surface area contributed by atoms with Gasteiger partial charge < -0.3 is 10.3 Å². The van der Waals surface area contributed by atoms with Crippen molar-refractivity contribution in [1.29, 1.82) is 5.26 Å². The Hall–Kier alpha value is -3.21. The number of nitrogens with one attached hydrogen (secondary N) is 2. The molecule has 0 bridgehead atoms. The first-order valence-corrected chi connectivity index (χ1v) is 8.19. The summed E-state index contributed by atoms with van der Waals surface area (Å²) in [7, 11) is 0. The van der Waals surface area contributed by atoms with Crippen molar-refractivity contribution >= 4 is 46.0 Å². The van der Waals surface area contributed by atoms with Crippen LogP contribution in [0.5, 0.6) is 0 Å². The van der Waals surface area contributed by atoms with Crippen LogP contribution >= 0.6 is 23.2 Å². The van der Waals surface area contributed by atoms with Crippen LogP contribution in [0.2, 0.25) is 10.0 Å². The van der Waals surface area contributed by atoms with Gasteiger partial charge in [0.05, 0.1) is 27.2 Å². The molecule has 0 amide bonds. The van der Waals surface area contributed by atoms with Gasteiger partial charge in [0, 0.05) is 6.20 Å². The Morgan fingerprint density at radius 3 is 2.58 bits per heavy atom. The number of rotatable bonds is 3. The fourth-order valence-corrected chi connectivity index (χ4v) is 3.13. The highest BCUT2D eigenvalue weighted by molar-refractivity contribution is 6.39. The Morgan fingerprint density at radius 2 is 1.88 bits per heavy atom. The second-order valence-electron chi connectivity index (χ2n) is 5.27. The molecule has 2 N–H and O–H groups in total. The molecule has 0 atom stereocenters. The van der Waals surface area contributed by atoms with Crippen molar-refractivity contribution in [3.05, 3.63) is 58.5 Å². The van der Waals surface area contributed by atoms with E-state index in [2.05, 4.69) is 30.2 Å². The third kappa shape index (κ3) is 2.92. The molecule has 1 aromatic carbocycles. The molecule has 0 unspecified atom stereocenters. The average Bonchev–Trinajstić information content (AvgIpc) is 3.06. The minimum absolute atomic E-state index is 0.320. The zero-order chi connectivity index (χ0) is 18.1. The van der Waals surface area contributed by atoms with E-state index in [0.29, 0.717) is 49.8 Å². The van der Waals surface area contributed by atoms with Gasteiger partial charge in [0.25, 0.3) is 0 Å². The van der Waals surface area contributed by atoms with Gasteiger partial charge in [-0.15, -0.1) is 0 Å². The van der Waals surface area contributed by atoms with E-state index in [1.54, 1.807) is 6.20 Å². The minimum atomic E-state index is 0.320. The van der Waals surface area contributed by atoms with Gasteiger partial charge >= 0.3 is 0 Å². The summed E-state index contributed by atoms with van der Waals surface area (Å²) in [5.41, 5.74) is 1.90. The fourth-order valence-electron chi connectivity index (χ4n) is 2.46. The number of aromatic nitrogens is 5. The quantitative estimate of drug-likeness (QED) is 0.547. The van der Waals surface area contributed by atoms with Gasteiger partial charge in [0.1, 0.15) is 23.5 Å². The van der Waals surface area contributed by atoms with Gasteiger partial charge in [-0.3, -0.25) is 0 Å². The predicted molar refractivity (Wildman–Crippen MR) is 99.4 cm³/mol. The van der Waals surface area contributed by atoms with Crippen LogP contribution in [0.25, 0.3) is 22.6 Å². The van der Waals surface area contributed by atoms with E-state index in [-0.39, 0.29) is 0 Å². The lowest BCUT2D eigenvalue weighted by Gasteiger charge is -2.05. The molecule has 0 aliphatic carbocycles. The molecule has 126 valence electrons. The molecule has 4 aromatic rings. The van der Waals surface area contributed by atoms with E-state index in [1.807, 2.05) is 24.3 Å². The summed E-state index contributed by atoms with van der Waals surface area (Å²) in [5, 5.41) is 12.8. The van der Waals surface area contributed by atoms with Crippen molar-refractivity contribution in [1.82, 2.24) is 24.9 Å². The van der Waals surface area contributed by atoms with E-state index in [1.165, 1.54) is 18.5 Å². The highest BCUT2D eigenvalue weighted by Crippen LogP contribution is 2.35. The van der Waals surface area contributed by atoms with Crippen LogP contribution in [0.15, 0.2) is 42.9 Å². The summed E-state index contributed by atoms with van der Waals surface area (Å²) in [5.74, 6) is 1.59. The number of nitrogens with zero attached hydrogens (tertiary/aromatic N) is 5. The molecular formula is C17H9Cl2N7. The maximum atomic E-state index is 9.02. The number of aromatic amines is 1. The van der Waals surface area contributed by atoms with Crippen LogP contribution < -0.4 is 5.32 Å². The van der Waals surface area contributed by atoms with Crippen LogP contribution in [0, 0.1) is 11.3 Å². The van der Waals surface area contributed by atoms with Gasteiger partial charge in [-0.05, 0) is 24.3 Å². The highest BCUT2D eigenvalue weighted by Gasteiger charge is 2.17. The van der Waals surface area contributed by atoms with Crippen molar-refractivity contribution in [2.45, 2.75) is 0 Å². The molecule has 0 saturated carbocycles. The number of hydrogen-bond donors (Lipinski definition) is 2. The van der Waals surface area contributed by atoms with Gasteiger partial charge in [0.2, 0.25) is 0 Å².